The smallest absolute Gasteiger partial charge is 0.319 e. The van der Waals surface area contributed by atoms with Gasteiger partial charge in [-0.05, 0) is 106 Å². The van der Waals surface area contributed by atoms with Crippen molar-refractivity contribution in [3.05, 3.63) is 64.7 Å². The number of rotatable bonds is 6. The second-order valence-corrected chi connectivity index (χ2v) is 9.58. The lowest BCUT2D eigenvalue weighted by molar-refractivity contribution is 0.101. The monoisotopic (exact) mass is 453 g/mol. The van der Waals surface area contributed by atoms with Gasteiger partial charge < -0.3 is 10.6 Å². The fourth-order valence-electron chi connectivity index (χ4n) is 5.11. The molecule has 32 heavy (non-hydrogen) atoms. The number of halogens is 1. The Balaban J connectivity index is 1.26. The Hall–Kier alpha value is -2.37. The Bertz CT molecular complexity index is 921. The minimum Gasteiger partial charge on any atom is -0.334 e. The van der Waals surface area contributed by atoms with E-state index in [0.29, 0.717) is 23.2 Å². The summed E-state index contributed by atoms with van der Waals surface area (Å²) in [6, 6.07) is 15.7. The summed E-state index contributed by atoms with van der Waals surface area (Å²) >= 11 is 6.01. The van der Waals surface area contributed by atoms with Gasteiger partial charge in [0.1, 0.15) is 0 Å². The molecule has 1 aliphatic heterocycles. The van der Waals surface area contributed by atoms with Crippen LogP contribution < -0.4 is 10.6 Å². The molecule has 1 saturated heterocycles. The fourth-order valence-corrected chi connectivity index (χ4v) is 5.24. The molecule has 170 valence electrons. The van der Waals surface area contributed by atoms with E-state index in [1.807, 2.05) is 12.1 Å². The van der Waals surface area contributed by atoms with Crippen molar-refractivity contribution >= 4 is 29.1 Å². The Morgan fingerprint density at radius 2 is 1.66 bits per heavy atom. The number of amides is 2. The van der Waals surface area contributed by atoms with E-state index in [2.05, 4.69) is 27.7 Å². The average Bonchev–Trinajstić information content (AvgIpc) is 3.24. The molecule has 5 nitrogen and oxygen atoms in total. The van der Waals surface area contributed by atoms with Crippen molar-refractivity contribution < 1.29 is 9.59 Å². The molecule has 2 aromatic carbocycles. The molecule has 2 aliphatic rings. The van der Waals surface area contributed by atoms with Gasteiger partial charge in [0.2, 0.25) is 0 Å². The third kappa shape index (κ3) is 5.90. The maximum absolute atomic E-state index is 12.6. The molecule has 2 N–H and O–H groups in total. The van der Waals surface area contributed by atoms with Crippen molar-refractivity contribution in [1.82, 2.24) is 10.2 Å². The molecule has 4 rings (SSSR count). The molecule has 2 amide bonds. The number of hydrogen-bond acceptors (Lipinski definition) is 3. The highest BCUT2D eigenvalue weighted by Gasteiger charge is 2.35. The number of urea groups is 1. The van der Waals surface area contributed by atoms with Gasteiger partial charge in [0.05, 0.1) is 0 Å². The summed E-state index contributed by atoms with van der Waals surface area (Å²) in [4.78, 5) is 26.6. The number of anilines is 1. The van der Waals surface area contributed by atoms with Gasteiger partial charge in [-0.3, -0.25) is 9.69 Å². The van der Waals surface area contributed by atoms with Crippen LogP contribution in [0.25, 0.3) is 0 Å². The van der Waals surface area contributed by atoms with Crippen LogP contribution in [0.2, 0.25) is 5.02 Å². The van der Waals surface area contributed by atoms with Crippen LogP contribution in [0.4, 0.5) is 10.5 Å². The molecular weight excluding hydrogens is 422 g/mol. The van der Waals surface area contributed by atoms with Gasteiger partial charge in [-0.1, -0.05) is 23.7 Å². The van der Waals surface area contributed by atoms with E-state index in [1.165, 1.54) is 25.3 Å². The Morgan fingerprint density at radius 1 is 0.969 bits per heavy atom. The summed E-state index contributed by atoms with van der Waals surface area (Å²) in [5.41, 5.74) is 2.71. The minimum absolute atomic E-state index is 0.0201. The van der Waals surface area contributed by atoms with Crippen LogP contribution in [0, 0.1) is 5.92 Å². The molecule has 2 aromatic rings. The maximum atomic E-state index is 12.6. The second kappa shape index (κ2) is 10.5. The number of Topliss-reactive ketones (excluding diaryl/α,β-unsaturated/α-hetero) is 1. The van der Waals surface area contributed by atoms with Crippen LogP contribution in [0.1, 0.15) is 54.9 Å². The molecule has 2 atom stereocenters. The lowest BCUT2D eigenvalue weighted by Crippen LogP contribution is -2.52. The van der Waals surface area contributed by atoms with Crippen molar-refractivity contribution in [3.63, 3.8) is 0 Å². The number of nitrogens with one attached hydrogen (secondary N) is 2. The summed E-state index contributed by atoms with van der Waals surface area (Å²) in [5.74, 6) is 0.730. The van der Waals surface area contributed by atoms with Crippen LogP contribution in [0.5, 0.6) is 0 Å². The van der Waals surface area contributed by atoms with Crippen molar-refractivity contribution in [2.24, 2.45) is 5.92 Å². The number of carbonyl (C=O) groups excluding carboxylic acids is 2. The van der Waals surface area contributed by atoms with Crippen molar-refractivity contribution in [3.8, 4) is 0 Å². The van der Waals surface area contributed by atoms with E-state index < -0.39 is 0 Å². The van der Waals surface area contributed by atoms with Gasteiger partial charge in [0.25, 0.3) is 0 Å². The van der Waals surface area contributed by atoms with E-state index in [4.69, 9.17) is 11.6 Å². The third-order valence-electron chi connectivity index (χ3n) is 6.90. The average molecular weight is 454 g/mol. The number of carbonyl (C=O) groups is 2. The molecule has 0 spiro atoms. The lowest BCUT2D eigenvalue weighted by Gasteiger charge is -2.38. The quantitative estimate of drug-likeness (QED) is 0.564. The van der Waals surface area contributed by atoms with Crippen LogP contribution >= 0.6 is 11.6 Å². The van der Waals surface area contributed by atoms with Gasteiger partial charge in [0, 0.05) is 28.4 Å². The number of nitrogens with zero attached hydrogens (tertiary/aromatic N) is 1. The summed E-state index contributed by atoms with van der Waals surface area (Å²) in [6.07, 6.45) is 6.81. The van der Waals surface area contributed by atoms with E-state index in [1.54, 1.807) is 24.3 Å². The van der Waals surface area contributed by atoms with Crippen LogP contribution in [0.15, 0.2) is 48.5 Å². The summed E-state index contributed by atoms with van der Waals surface area (Å²) in [5, 5.41) is 6.90. The molecule has 6 heteroatoms. The maximum Gasteiger partial charge on any atom is 0.319 e. The Morgan fingerprint density at radius 3 is 2.31 bits per heavy atom. The summed E-state index contributed by atoms with van der Waals surface area (Å²) < 4.78 is 0. The predicted octanol–water partition coefficient (Wildman–Crippen LogP) is 5.54. The molecule has 1 aliphatic carbocycles. The number of likely N-dealkylation sites (tertiary alicyclic amines) is 1. The van der Waals surface area contributed by atoms with E-state index in [-0.39, 0.29) is 17.9 Å². The van der Waals surface area contributed by atoms with E-state index in [0.717, 1.165) is 43.8 Å². The zero-order valence-corrected chi connectivity index (χ0v) is 19.4. The van der Waals surface area contributed by atoms with Crippen molar-refractivity contribution in [1.29, 1.82) is 0 Å². The van der Waals surface area contributed by atoms with Crippen molar-refractivity contribution in [2.45, 2.75) is 57.5 Å². The second-order valence-electron chi connectivity index (χ2n) is 9.15. The highest BCUT2D eigenvalue weighted by atomic mass is 35.5. The van der Waals surface area contributed by atoms with Gasteiger partial charge in [-0.2, -0.15) is 0 Å². The first-order valence-corrected chi connectivity index (χ1v) is 12.0. The number of ketones is 1. The first-order valence-electron chi connectivity index (χ1n) is 11.6. The summed E-state index contributed by atoms with van der Waals surface area (Å²) in [6.45, 7) is 3.72. The molecule has 1 heterocycles. The van der Waals surface area contributed by atoms with Crippen LogP contribution in [-0.2, 0) is 6.42 Å². The number of piperidine rings is 1. The van der Waals surface area contributed by atoms with Gasteiger partial charge in [-0.15, -0.1) is 0 Å². The molecule has 0 radical (unpaired) electrons. The van der Waals surface area contributed by atoms with Gasteiger partial charge in [-0.25, -0.2) is 4.79 Å². The Labute approximate surface area is 195 Å². The normalized spacial score (nSPS) is 21.9. The summed E-state index contributed by atoms with van der Waals surface area (Å²) in [7, 11) is 0. The Kier molecular flexibility index (Phi) is 7.48. The van der Waals surface area contributed by atoms with E-state index in [9.17, 15) is 9.59 Å². The van der Waals surface area contributed by atoms with Crippen LogP contribution in [0.3, 0.4) is 0 Å². The topological polar surface area (TPSA) is 61.4 Å². The lowest BCUT2D eigenvalue weighted by atomic mass is 9.89. The highest BCUT2D eigenvalue weighted by molar-refractivity contribution is 6.30. The minimum atomic E-state index is -0.171. The fraction of sp³-hybridized carbons (Fsp3) is 0.462. The van der Waals surface area contributed by atoms with Gasteiger partial charge >= 0.3 is 6.03 Å². The molecule has 0 aromatic heterocycles. The number of hydrogen-bond donors (Lipinski definition) is 2. The molecule has 1 saturated carbocycles. The SMILES string of the molecule is CC(=O)c1ccc(NC(=O)N[C@@H]2CCC[C@H]2N2CCC(Cc3ccc(Cl)cc3)CC2)cc1. The first kappa shape index (κ1) is 22.8. The molecule has 2 fully saturated rings. The molecular formula is C26H32ClN3O2. The van der Waals surface area contributed by atoms with Crippen molar-refractivity contribution in [2.75, 3.05) is 18.4 Å². The van der Waals surface area contributed by atoms with Gasteiger partial charge in [0.15, 0.2) is 5.78 Å². The molecule has 0 unspecified atom stereocenters. The molecule has 0 bridgehead atoms. The first-order chi connectivity index (χ1) is 15.5. The largest absolute Gasteiger partial charge is 0.334 e. The third-order valence-corrected chi connectivity index (χ3v) is 7.15. The zero-order chi connectivity index (χ0) is 22.5. The van der Waals surface area contributed by atoms with E-state index >= 15 is 0 Å². The standard InChI is InChI=1S/C26H32ClN3O2/c1-18(31)21-7-11-23(12-8-21)28-26(32)29-24-3-2-4-25(24)30-15-13-20(14-16-30)17-19-5-9-22(27)10-6-19/h5-12,20,24-25H,2-4,13-17H2,1H3,(H2,28,29,32)/t24-,25-/m1/s1. The predicted molar refractivity (Wildman–Crippen MR) is 129 cm³/mol. The van der Waals surface area contributed by atoms with Crippen LogP contribution in [-0.4, -0.2) is 41.9 Å². The highest BCUT2D eigenvalue weighted by Crippen LogP contribution is 2.30. The zero-order valence-electron chi connectivity index (χ0n) is 18.6. The number of benzene rings is 2.